The molecule has 1 saturated heterocycles. The summed E-state index contributed by atoms with van der Waals surface area (Å²) >= 11 is 1.41. The van der Waals surface area contributed by atoms with Crippen molar-refractivity contribution >= 4 is 38.1 Å². The summed E-state index contributed by atoms with van der Waals surface area (Å²) in [7, 11) is -3.04. The first-order valence-corrected chi connectivity index (χ1v) is 11.2. The van der Waals surface area contributed by atoms with Crippen molar-refractivity contribution < 1.29 is 22.7 Å². The van der Waals surface area contributed by atoms with Crippen molar-refractivity contribution in [3.63, 3.8) is 0 Å². The van der Waals surface area contributed by atoms with Crippen molar-refractivity contribution in [3.8, 4) is 6.07 Å². The number of sulfone groups is 1. The molecule has 1 aliphatic carbocycles. The Kier molecular flexibility index (Phi) is 5.63. The van der Waals surface area contributed by atoms with E-state index in [1.807, 2.05) is 0 Å². The van der Waals surface area contributed by atoms with Crippen LogP contribution in [0.1, 0.15) is 41.7 Å². The first kappa shape index (κ1) is 18.9. The lowest BCUT2D eigenvalue weighted by atomic mass is 9.96. The van der Waals surface area contributed by atoms with Gasteiger partial charge in [-0.1, -0.05) is 0 Å². The minimum Gasteiger partial charge on any atom is -0.456 e. The van der Waals surface area contributed by atoms with Gasteiger partial charge in [-0.25, -0.2) is 8.42 Å². The maximum atomic E-state index is 12.1. The fourth-order valence-electron chi connectivity index (χ4n) is 3.41. The van der Waals surface area contributed by atoms with Crippen LogP contribution in [-0.4, -0.2) is 38.4 Å². The number of rotatable bonds is 5. The molecule has 3 rings (SSSR count). The molecule has 2 heterocycles. The molecule has 1 aromatic rings. The minimum atomic E-state index is -3.04. The van der Waals surface area contributed by atoms with Crippen molar-refractivity contribution in [1.82, 2.24) is 0 Å². The molecular formula is C17H20N2O5S2. The second-order valence-corrected chi connectivity index (χ2v) is 10.0. The molecule has 1 fully saturated rings. The van der Waals surface area contributed by atoms with Crippen LogP contribution in [0.25, 0.3) is 0 Å². The Morgan fingerprint density at radius 3 is 2.77 bits per heavy atom. The van der Waals surface area contributed by atoms with Gasteiger partial charge in [-0.3, -0.25) is 9.59 Å². The number of ether oxygens (including phenoxy) is 1. The lowest BCUT2D eigenvalue weighted by Gasteiger charge is -2.09. The highest BCUT2D eigenvalue weighted by molar-refractivity contribution is 7.91. The van der Waals surface area contributed by atoms with Crippen LogP contribution in [0.3, 0.4) is 0 Å². The lowest BCUT2D eigenvalue weighted by molar-refractivity contribution is -0.148. The van der Waals surface area contributed by atoms with E-state index in [1.54, 1.807) is 0 Å². The summed E-state index contributed by atoms with van der Waals surface area (Å²) in [4.78, 5) is 25.0. The third-order valence-corrected chi connectivity index (χ3v) is 7.73. The predicted octanol–water partition coefficient (Wildman–Crippen LogP) is 1.81. The smallest absolute Gasteiger partial charge is 0.306 e. The Bertz CT molecular complexity index is 866. The third kappa shape index (κ3) is 4.43. The van der Waals surface area contributed by atoms with Gasteiger partial charge in [0.25, 0.3) is 5.91 Å². The van der Waals surface area contributed by atoms with Gasteiger partial charge in [-0.05, 0) is 43.6 Å². The summed E-state index contributed by atoms with van der Waals surface area (Å²) in [5.41, 5.74) is 1.54. The number of carbonyl (C=O) groups excluding carboxylic acids is 2. The highest BCUT2D eigenvalue weighted by atomic mass is 32.2. The maximum Gasteiger partial charge on any atom is 0.306 e. The second kappa shape index (κ2) is 7.76. The van der Waals surface area contributed by atoms with Gasteiger partial charge < -0.3 is 10.1 Å². The fourth-order valence-corrected chi connectivity index (χ4v) is 6.53. The molecule has 1 atom stereocenters. The number of hydrogen-bond acceptors (Lipinski definition) is 7. The van der Waals surface area contributed by atoms with Crippen LogP contribution in [-0.2, 0) is 37.0 Å². The lowest BCUT2D eigenvalue weighted by Crippen LogP contribution is -2.22. The first-order valence-electron chi connectivity index (χ1n) is 8.58. The van der Waals surface area contributed by atoms with E-state index >= 15 is 0 Å². The summed E-state index contributed by atoms with van der Waals surface area (Å²) in [5, 5.41) is 12.5. The highest BCUT2D eigenvalue weighted by Crippen LogP contribution is 2.37. The first-order chi connectivity index (χ1) is 12.4. The molecule has 9 heteroatoms. The second-order valence-electron chi connectivity index (χ2n) is 6.71. The summed E-state index contributed by atoms with van der Waals surface area (Å²) in [6.45, 7) is -0.439. The summed E-state index contributed by atoms with van der Waals surface area (Å²) in [6.07, 6.45) is 4.35. The molecule has 0 spiro atoms. The highest BCUT2D eigenvalue weighted by Gasteiger charge is 2.30. The van der Waals surface area contributed by atoms with Crippen molar-refractivity contribution in [1.29, 1.82) is 5.26 Å². The number of carbonyl (C=O) groups is 2. The normalized spacial score (nSPS) is 20.8. The van der Waals surface area contributed by atoms with Crippen LogP contribution >= 0.6 is 11.3 Å². The average molecular weight is 396 g/mol. The Balaban J connectivity index is 1.51. The van der Waals surface area contributed by atoms with E-state index in [4.69, 9.17) is 4.74 Å². The third-order valence-electron chi connectivity index (χ3n) is 4.68. The molecule has 0 unspecified atom stereocenters. The standard InChI is InChI=1S/C17H20N2O5S2/c18-8-13-12-3-1-2-4-14(12)25-17(13)19-15(20)9-24-16(21)7-11-5-6-26(22,23)10-11/h11H,1-7,9-10H2,(H,19,20)/t11-/m1/s1. The molecule has 26 heavy (non-hydrogen) atoms. The number of nitrogens with one attached hydrogen (secondary N) is 1. The van der Waals surface area contributed by atoms with Crippen LogP contribution in [0.4, 0.5) is 5.00 Å². The minimum absolute atomic E-state index is 0.000570. The van der Waals surface area contributed by atoms with Gasteiger partial charge in [0.1, 0.15) is 11.1 Å². The van der Waals surface area contributed by atoms with E-state index in [9.17, 15) is 23.3 Å². The SMILES string of the molecule is N#Cc1c(NC(=O)COC(=O)C[C@H]2CCS(=O)(=O)C2)sc2c1CCCC2. The van der Waals surface area contributed by atoms with E-state index in [0.717, 1.165) is 36.1 Å². The largest absolute Gasteiger partial charge is 0.456 e. The number of amides is 1. The zero-order chi connectivity index (χ0) is 18.7. The number of nitriles is 1. The van der Waals surface area contributed by atoms with Gasteiger partial charge in [-0.2, -0.15) is 5.26 Å². The van der Waals surface area contributed by atoms with Gasteiger partial charge in [-0.15, -0.1) is 11.3 Å². The van der Waals surface area contributed by atoms with Crippen LogP contribution < -0.4 is 5.32 Å². The molecule has 0 radical (unpaired) electrons. The van der Waals surface area contributed by atoms with Crippen molar-refractivity contribution in [3.05, 3.63) is 16.0 Å². The zero-order valence-corrected chi connectivity index (χ0v) is 15.9. The maximum absolute atomic E-state index is 12.1. The van der Waals surface area contributed by atoms with Crippen molar-refractivity contribution in [2.75, 3.05) is 23.4 Å². The predicted molar refractivity (Wildman–Crippen MR) is 96.6 cm³/mol. The topological polar surface area (TPSA) is 113 Å². The average Bonchev–Trinajstić information content (AvgIpc) is 3.11. The molecule has 0 saturated carbocycles. The number of anilines is 1. The molecule has 7 nitrogen and oxygen atoms in total. The summed E-state index contributed by atoms with van der Waals surface area (Å²) < 4.78 is 27.7. The van der Waals surface area contributed by atoms with Crippen LogP contribution in [0.2, 0.25) is 0 Å². The monoisotopic (exact) mass is 396 g/mol. The van der Waals surface area contributed by atoms with Crippen LogP contribution in [0.5, 0.6) is 0 Å². The number of aryl methyl sites for hydroxylation is 1. The van der Waals surface area contributed by atoms with E-state index < -0.39 is 28.3 Å². The number of hydrogen-bond donors (Lipinski definition) is 1. The van der Waals surface area contributed by atoms with Gasteiger partial charge in [0, 0.05) is 11.3 Å². The number of esters is 1. The van der Waals surface area contributed by atoms with Gasteiger partial charge in [0.05, 0.1) is 17.1 Å². The Hall–Kier alpha value is -1.92. The molecule has 0 aromatic carbocycles. The Morgan fingerprint density at radius 1 is 1.31 bits per heavy atom. The fraction of sp³-hybridized carbons (Fsp3) is 0.588. The number of nitrogens with zero attached hydrogens (tertiary/aromatic N) is 1. The Morgan fingerprint density at radius 2 is 2.08 bits per heavy atom. The molecular weight excluding hydrogens is 376 g/mol. The molecule has 2 aliphatic rings. The van der Waals surface area contributed by atoms with E-state index in [0.29, 0.717) is 17.0 Å². The van der Waals surface area contributed by atoms with E-state index in [1.165, 1.54) is 11.3 Å². The molecule has 1 aliphatic heterocycles. The van der Waals surface area contributed by atoms with Crippen molar-refractivity contribution in [2.45, 2.75) is 38.5 Å². The van der Waals surface area contributed by atoms with Crippen LogP contribution in [0.15, 0.2) is 0 Å². The quantitative estimate of drug-likeness (QED) is 0.759. The molecule has 0 bridgehead atoms. The van der Waals surface area contributed by atoms with Gasteiger partial charge in [0.2, 0.25) is 0 Å². The molecule has 1 aromatic heterocycles. The molecule has 1 N–H and O–H groups in total. The number of thiophene rings is 1. The Labute approximate surface area is 156 Å². The van der Waals surface area contributed by atoms with E-state index in [-0.39, 0.29) is 23.8 Å². The van der Waals surface area contributed by atoms with Gasteiger partial charge in [0.15, 0.2) is 16.4 Å². The van der Waals surface area contributed by atoms with E-state index in [2.05, 4.69) is 11.4 Å². The summed E-state index contributed by atoms with van der Waals surface area (Å²) in [5.74, 6) is -1.20. The van der Waals surface area contributed by atoms with Gasteiger partial charge >= 0.3 is 5.97 Å². The van der Waals surface area contributed by atoms with Crippen LogP contribution in [0, 0.1) is 17.2 Å². The molecule has 1 amide bonds. The summed E-state index contributed by atoms with van der Waals surface area (Å²) in [6, 6.07) is 2.16. The zero-order valence-electron chi connectivity index (χ0n) is 14.2. The number of fused-ring (bicyclic) bond motifs is 1. The molecule has 140 valence electrons. The van der Waals surface area contributed by atoms with Crippen molar-refractivity contribution in [2.24, 2.45) is 5.92 Å².